The normalized spacial score (nSPS) is 12.6. The van der Waals surface area contributed by atoms with Crippen LogP contribution in [0.4, 0.5) is 0 Å². The minimum absolute atomic E-state index is 0.764. The second-order valence-corrected chi connectivity index (χ2v) is 15.3. The molecule has 0 bridgehead atoms. The van der Waals surface area contributed by atoms with Gasteiger partial charge in [0.05, 0.1) is 33.1 Å². The average Bonchev–Trinajstić information content (AvgIpc) is 3.90. The highest BCUT2D eigenvalue weighted by molar-refractivity contribution is 6.39. The van der Waals surface area contributed by atoms with E-state index < -0.39 is 0 Å². The van der Waals surface area contributed by atoms with E-state index in [9.17, 15) is 0 Å². The van der Waals surface area contributed by atoms with E-state index in [0.717, 1.165) is 88.1 Å². The Morgan fingerprint density at radius 1 is 0.421 bits per heavy atom. The van der Waals surface area contributed by atoms with Gasteiger partial charge in [0.25, 0.3) is 0 Å². The molecule has 0 aliphatic heterocycles. The van der Waals surface area contributed by atoms with Crippen LogP contribution in [0.2, 0.25) is 0 Å². The molecule has 0 aliphatic rings. The van der Waals surface area contributed by atoms with Crippen LogP contribution in [0.3, 0.4) is 0 Å². The van der Waals surface area contributed by atoms with Gasteiger partial charge in [0.2, 0.25) is 0 Å². The minimum Gasteiger partial charge on any atom is -0.454 e. The molecule has 57 heavy (non-hydrogen) atoms. The summed E-state index contributed by atoms with van der Waals surface area (Å²) in [5.41, 5.74) is 10.8. The summed E-state index contributed by atoms with van der Waals surface area (Å²) in [4.78, 5) is 11.3. The summed E-state index contributed by atoms with van der Waals surface area (Å²) in [6.07, 6.45) is 0. The van der Waals surface area contributed by atoms with E-state index >= 15 is 0 Å². The Morgan fingerprint density at radius 2 is 1.14 bits per heavy atom. The van der Waals surface area contributed by atoms with Crippen LogP contribution in [0, 0.1) is 0 Å². The Hall–Kier alpha value is -7.76. The number of fused-ring (bicyclic) bond motifs is 14. The summed E-state index contributed by atoms with van der Waals surface area (Å²) in [5.74, 6) is 0.764. The maximum atomic E-state index is 7.05. The molecule has 0 unspecified atom stereocenters. The van der Waals surface area contributed by atoms with Crippen LogP contribution in [0.5, 0.6) is 0 Å². The largest absolute Gasteiger partial charge is 0.454 e. The van der Waals surface area contributed by atoms with Gasteiger partial charge in [-0.05, 0) is 46.5 Å². The van der Waals surface area contributed by atoms with Gasteiger partial charge >= 0.3 is 0 Å². The molecule has 5 nitrogen and oxygen atoms in total. The third-order valence-electron chi connectivity index (χ3n) is 12.4. The van der Waals surface area contributed by atoms with Gasteiger partial charge in [0, 0.05) is 54.0 Å². The molecule has 262 valence electrons. The van der Waals surface area contributed by atoms with Crippen LogP contribution in [-0.4, -0.2) is 18.9 Å². The third kappa shape index (κ3) is 3.69. The first-order chi connectivity index (χ1) is 28.3. The molecule has 5 heterocycles. The standard InChI is InChI=1S/C52H28N4O/c1-2-14-30(15-3-1)47-52(53-39-26-25-29-13-4-7-18-33(29)48(39)54-47)56-41-27-31-16-5-6-17-32(31)44-37-22-12-21-36-34-19-8-10-23-40(34)55(49(36)37)42-28-38-35-20-9-11-24-43(35)57-51(38)50(56)46(42)45(41)44/h1-28H. The second-order valence-electron chi connectivity index (χ2n) is 15.3. The Kier molecular flexibility index (Phi) is 5.45. The van der Waals surface area contributed by atoms with Crippen molar-refractivity contribution in [3.05, 3.63) is 170 Å². The minimum atomic E-state index is 0.764. The van der Waals surface area contributed by atoms with Crippen molar-refractivity contribution >= 4 is 114 Å². The molecule has 5 heteroatoms. The van der Waals surface area contributed by atoms with Crippen LogP contribution in [0.15, 0.2) is 174 Å². The third-order valence-corrected chi connectivity index (χ3v) is 12.4. The molecule has 0 atom stereocenters. The molecule has 0 amide bonds. The van der Waals surface area contributed by atoms with E-state index in [4.69, 9.17) is 14.4 Å². The highest BCUT2D eigenvalue weighted by Crippen LogP contribution is 2.50. The van der Waals surface area contributed by atoms with Gasteiger partial charge in [-0.2, -0.15) is 0 Å². The fraction of sp³-hybridized carbons (Fsp3) is 0. The quantitative estimate of drug-likeness (QED) is 0.167. The van der Waals surface area contributed by atoms with Gasteiger partial charge in [-0.3, -0.25) is 4.57 Å². The van der Waals surface area contributed by atoms with Crippen molar-refractivity contribution in [2.45, 2.75) is 0 Å². The molecule has 0 N–H and O–H groups in total. The monoisotopic (exact) mass is 724 g/mol. The SMILES string of the molecule is c1ccc(-c2nc3c(ccc4ccccc43)nc2-n2c3cc4ccccc4c4c5cccc6c7ccccc7n(c7cc8c9ccccc9oc8c2c7c43)c65)cc1. The molecule has 0 radical (unpaired) electrons. The van der Waals surface area contributed by atoms with Crippen LogP contribution in [0.25, 0.3) is 131 Å². The van der Waals surface area contributed by atoms with Crippen molar-refractivity contribution in [3.63, 3.8) is 0 Å². The van der Waals surface area contributed by atoms with Crippen LogP contribution in [-0.2, 0) is 0 Å². The lowest BCUT2D eigenvalue weighted by molar-refractivity contribution is 0.671. The lowest BCUT2D eigenvalue weighted by Gasteiger charge is -2.15. The number of aromatic nitrogens is 4. The maximum absolute atomic E-state index is 7.05. The van der Waals surface area contributed by atoms with E-state index in [1.165, 1.54) is 43.4 Å². The van der Waals surface area contributed by atoms with Gasteiger partial charge in [0.1, 0.15) is 16.8 Å². The molecule has 14 rings (SSSR count). The first kappa shape index (κ1) is 29.6. The fourth-order valence-corrected chi connectivity index (χ4v) is 10.0. The molecule has 0 spiro atoms. The summed E-state index contributed by atoms with van der Waals surface area (Å²) in [7, 11) is 0. The summed E-state index contributed by atoms with van der Waals surface area (Å²) in [6, 6.07) is 60.8. The van der Waals surface area contributed by atoms with E-state index in [-0.39, 0.29) is 0 Å². The topological polar surface area (TPSA) is 48.3 Å². The zero-order valence-electron chi connectivity index (χ0n) is 30.4. The zero-order chi connectivity index (χ0) is 36.9. The molecule has 5 aromatic heterocycles. The Labute approximate surface area is 323 Å². The van der Waals surface area contributed by atoms with Gasteiger partial charge in [-0.1, -0.05) is 140 Å². The van der Waals surface area contributed by atoms with E-state index in [0.29, 0.717) is 0 Å². The predicted molar refractivity (Wildman–Crippen MR) is 236 cm³/mol. The van der Waals surface area contributed by atoms with Crippen LogP contribution < -0.4 is 0 Å². The van der Waals surface area contributed by atoms with Crippen molar-refractivity contribution in [2.24, 2.45) is 0 Å². The molecular weight excluding hydrogens is 697 g/mol. The van der Waals surface area contributed by atoms with Crippen molar-refractivity contribution in [1.29, 1.82) is 0 Å². The van der Waals surface area contributed by atoms with Gasteiger partial charge < -0.3 is 8.82 Å². The summed E-state index contributed by atoms with van der Waals surface area (Å²) >= 11 is 0. The maximum Gasteiger partial charge on any atom is 0.165 e. The average molecular weight is 725 g/mol. The van der Waals surface area contributed by atoms with Crippen LogP contribution in [0.1, 0.15) is 0 Å². The highest BCUT2D eigenvalue weighted by Gasteiger charge is 2.29. The zero-order valence-corrected chi connectivity index (χ0v) is 30.4. The number of hydrogen-bond donors (Lipinski definition) is 0. The molecular formula is C52H28N4O. The summed E-state index contributed by atoms with van der Waals surface area (Å²) < 4.78 is 11.9. The van der Waals surface area contributed by atoms with E-state index in [2.05, 4.69) is 179 Å². The number of para-hydroxylation sites is 3. The molecule has 14 aromatic rings. The summed E-state index contributed by atoms with van der Waals surface area (Å²) in [6.45, 7) is 0. The first-order valence-corrected chi connectivity index (χ1v) is 19.4. The predicted octanol–water partition coefficient (Wildman–Crippen LogP) is 13.7. The molecule has 0 fully saturated rings. The molecule has 0 saturated carbocycles. The number of nitrogens with zero attached hydrogens (tertiary/aromatic N) is 4. The van der Waals surface area contributed by atoms with Gasteiger partial charge in [0.15, 0.2) is 11.4 Å². The fourth-order valence-electron chi connectivity index (χ4n) is 10.0. The Morgan fingerprint density at radius 3 is 2.04 bits per heavy atom. The Balaban J connectivity index is 1.33. The van der Waals surface area contributed by atoms with Crippen molar-refractivity contribution < 1.29 is 4.42 Å². The molecule has 0 saturated heterocycles. The number of furan rings is 1. The van der Waals surface area contributed by atoms with Gasteiger partial charge in [-0.25, -0.2) is 9.97 Å². The number of rotatable bonds is 2. The molecule has 0 aliphatic carbocycles. The van der Waals surface area contributed by atoms with Gasteiger partial charge in [-0.15, -0.1) is 0 Å². The van der Waals surface area contributed by atoms with E-state index in [1.54, 1.807) is 0 Å². The molecule has 9 aromatic carbocycles. The Bertz CT molecular complexity index is 4040. The second kappa shape index (κ2) is 10.5. The lowest BCUT2D eigenvalue weighted by atomic mass is 9.97. The number of hydrogen-bond acceptors (Lipinski definition) is 3. The number of benzene rings is 9. The van der Waals surface area contributed by atoms with E-state index in [1.807, 2.05) is 0 Å². The first-order valence-electron chi connectivity index (χ1n) is 19.4. The van der Waals surface area contributed by atoms with Crippen LogP contribution >= 0.6 is 0 Å². The summed E-state index contributed by atoms with van der Waals surface area (Å²) in [5, 5.41) is 14.0. The van der Waals surface area contributed by atoms with Crippen molar-refractivity contribution in [1.82, 2.24) is 18.9 Å². The smallest absolute Gasteiger partial charge is 0.165 e. The van der Waals surface area contributed by atoms with Crippen molar-refractivity contribution in [2.75, 3.05) is 0 Å². The van der Waals surface area contributed by atoms with Crippen molar-refractivity contribution in [3.8, 4) is 17.1 Å². The lowest BCUT2D eigenvalue weighted by Crippen LogP contribution is -2.04. The highest BCUT2D eigenvalue weighted by atomic mass is 16.3.